The number of nitrogens with one attached hydrogen (secondary N) is 1. The van der Waals surface area contributed by atoms with Gasteiger partial charge in [-0.2, -0.15) is 9.78 Å². The lowest BCUT2D eigenvalue weighted by molar-refractivity contribution is 0.815. The Bertz CT molecular complexity index is 1360. The summed E-state index contributed by atoms with van der Waals surface area (Å²) in [6.45, 7) is 0. The Hall–Kier alpha value is -3.80. The minimum absolute atomic E-state index is 0.247. The normalized spacial score (nSPS) is 11.8. The van der Waals surface area contributed by atoms with Crippen molar-refractivity contribution >= 4 is 39.1 Å². The molecule has 0 aliphatic rings. The zero-order valence-corrected chi connectivity index (χ0v) is 13.6. The van der Waals surface area contributed by atoms with Crippen LogP contribution in [0.1, 0.15) is 5.69 Å². The van der Waals surface area contributed by atoms with Gasteiger partial charge in [-0.1, -0.05) is 42.5 Å². The molecule has 26 heavy (non-hydrogen) atoms. The van der Waals surface area contributed by atoms with E-state index in [1.165, 1.54) is 11.0 Å². The highest BCUT2D eigenvalue weighted by Crippen LogP contribution is 2.20. The van der Waals surface area contributed by atoms with Crippen molar-refractivity contribution in [2.45, 2.75) is 0 Å². The standard InChI is InChI=1S/C20H13N5O/c26-20-19-18(15-6-2-4-8-17(15)24-19)21-12-25(20)22-11-14-10-9-13-5-1-3-7-16(13)23-14/h1-12,24H/b22-11-. The first kappa shape index (κ1) is 14.5. The maximum absolute atomic E-state index is 12.7. The van der Waals surface area contributed by atoms with Gasteiger partial charge < -0.3 is 4.98 Å². The summed E-state index contributed by atoms with van der Waals surface area (Å²) in [5, 5.41) is 6.22. The number of benzene rings is 2. The quantitative estimate of drug-likeness (QED) is 0.501. The van der Waals surface area contributed by atoms with Crippen LogP contribution in [0.4, 0.5) is 0 Å². The number of rotatable bonds is 2. The van der Waals surface area contributed by atoms with E-state index in [0.29, 0.717) is 16.7 Å². The summed E-state index contributed by atoms with van der Waals surface area (Å²) in [6, 6.07) is 19.4. The molecule has 5 rings (SSSR count). The number of para-hydroxylation sites is 2. The summed E-state index contributed by atoms with van der Waals surface area (Å²) in [5.74, 6) is 0. The topological polar surface area (TPSA) is 75.9 Å². The molecule has 124 valence electrons. The van der Waals surface area contributed by atoms with Crippen LogP contribution in [0.15, 0.2) is 76.9 Å². The molecule has 0 amide bonds. The molecule has 2 aromatic carbocycles. The lowest BCUT2D eigenvalue weighted by Gasteiger charge is -1.99. The number of hydrogen-bond donors (Lipinski definition) is 1. The minimum Gasteiger partial charge on any atom is -0.349 e. The number of fused-ring (bicyclic) bond motifs is 4. The van der Waals surface area contributed by atoms with Crippen LogP contribution in [-0.2, 0) is 0 Å². The smallest absolute Gasteiger partial charge is 0.298 e. The van der Waals surface area contributed by atoms with Crippen LogP contribution in [0.2, 0.25) is 0 Å². The zero-order valence-electron chi connectivity index (χ0n) is 13.6. The van der Waals surface area contributed by atoms with Crippen LogP contribution in [0, 0.1) is 0 Å². The predicted molar refractivity (Wildman–Crippen MR) is 103 cm³/mol. The molecule has 0 aliphatic carbocycles. The van der Waals surface area contributed by atoms with Crippen molar-refractivity contribution in [1.29, 1.82) is 0 Å². The highest BCUT2D eigenvalue weighted by atomic mass is 16.1. The predicted octanol–water partition coefficient (Wildman–Crippen LogP) is 3.31. The molecule has 3 aromatic heterocycles. The number of nitrogens with zero attached hydrogens (tertiary/aromatic N) is 4. The number of aromatic amines is 1. The first-order valence-corrected chi connectivity index (χ1v) is 8.18. The molecule has 0 saturated carbocycles. The second kappa shape index (κ2) is 5.63. The third kappa shape index (κ3) is 2.28. The molecule has 1 N–H and O–H groups in total. The van der Waals surface area contributed by atoms with Crippen LogP contribution in [0.3, 0.4) is 0 Å². The van der Waals surface area contributed by atoms with Gasteiger partial charge >= 0.3 is 0 Å². The molecule has 0 unspecified atom stereocenters. The van der Waals surface area contributed by atoms with E-state index in [1.54, 1.807) is 6.21 Å². The average Bonchev–Trinajstić information content (AvgIpc) is 3.07. The molecule has 0 spiro atoms. The van der Waals surface area contributed by atoms with Crippen molar-refractivity contribution in [3.8, 4) is 0 Å². The molecule has 0 bridgehead atoms. The van der Waals surface area contributed by atoms with Gasteiger partial charge in [0.2, 0.25) is 0 Å². The van der Waals surface area contributed by atoms with Crippen LogP contribution in [0.25, 0.3) is 32.8 Å². The largest absolute Gasteiger partial charge is 0.349 e. The molecule has 0 fully saturated rings. The van der Waals surface area contributed by atoms with E-state index < -0.39 is 0 Å². The average molecular weight is 339 g/mol. The Labute approximate surface area is 147 Å². The van der Waals surface area contributed by atoms with E-state index in [-0.39, 0.29) is 5.56 Å². The molecule has 0 radical (unpaired) electrons. The van der Waals surface area contributed by atoms with Gasteiger partial charge in [-0.3, -0.25) is 4.79 Å². The molecule has 3 heterocycles. The molecule has 0 atom stereocenters. The van der Waals surface area contributed by atoms with Gasteiger partial charge in [-0.05, 0) is 18.2 Å². The fourth-order valence-electron chi connectivity index (χ4n) is 3.05. The van der Waals surface area contributed by atoms with Gasteiger partial charge in [0.05, 0.1) is 17.4 Å². The molecule has 6 nitrogen and oxygen atoms in total. The summed E-state index contributed by atoms with van der Waals surface area (Å²) in [7, 11) is 0. The summed E-state index contributed by atoms with van der Waals surface area (Å²) >= 11 is 0. The number of H-pyrrole nitrogens is 1. The second-order valence-corrected chi connectivity index (χ2v) is 5.96. The summed E-state index contributed by atoms with van der Waals surface area (Å²) in [5.41, 5.74) is 3.28. The SMILES string of the molecule is O=c1c2[nH]c3ccccc3c2ncn1/N=C\c1ccc2ccccc2n1. The van der Waals surface area contributed by atoms with E-state index in [9.17, 15) is 4.79 Å². The maximum atomic E-state index is 12.7. The Balaban J connectivity index is 1.59. The van der Waals surface area contributed by atoms with Gasteiger partial charge in [0.25, 0.3) is 5.56 Å². The van der Waals surface area contributed by atoms with E-state index in [2.05, 4.69) is 20.1 Å². The summed E-state index contributed by atoms with van der Waals surface area (Å²) in [4.78, 5) is 24.7. The molecule has 5 aromatic rings. The van der Waals surface area contributed by atoms with E-state index in [4.69, 9.17) is 0 Å². The minimum atomic E-state index is -0.247. The zero-order chi connectivity index (χ0) is 17.5. The Morgan fingerprint density at radius 2 is 1.85 bits per heavy atom. The molecular weight excluding hydrogens is 326 g/mol. The highest BCUT2D eigenvalue weighted by molar-refractivity contribution is 6.04. The van der Waals surface area contributed by atoms with Crippen molar-refractivity contribution < 1.29 is 0 Å². The fourth-order valence-corrected chi connectivity index (χ4v) is 3.05. The first-order chi connectivity index (χ1) is 12.8. The fraction of sp³-hybridized carbons (Fsp3) is 0. The van der Waals surface area contributed by atoms with Gasteiger partial charge in [0.15, 0.2) is 0 Å². The monoisotopic (exact) mass is 339 g/mol. The van der Waals surface area contributed by atoms with E-state index >= 15 is 0 Å². The highest BCUT2D eigenvalue weighted by Gasteiger charge is 2.09. The van der Waals surface area contributed by atoms with Crippen LogP contribution in [0.5, 0.6) is 0 Å². The Morgan fingerprint density at radius 3 is 2.81 bits per heavy atom. The van der Waals surface area contributed by atoms with Crippen molar-refractivity contribution in [3.05, 3.63) is 83.0 Å². The Kier molecular flexibility index (Phi) is 3.15. The van der Waals surface area contributed by atoms with Crippen LogP contribution in [-0.4, -0.2) is 25.8 Å². The molecule has 0 aliphatic heterocycles. The number of hydrogen-bond acceptors (Lipinski definition) is 4. The number of aromatic nitrogens is 4. The lowest BCUT2D eigenvalue weighted by Crippen LogP contribution is -2.17. The van der Waals surface area contributed by atoms with Gasteiger partial charge in [0, 0.05) is 16.3 Å². The van der Waals surface area contributed by atoms with E-state index in [1.807, 2.05) is 60.7 Å². The third-order valence-electron chi connectivity index (χ3n) is 4.33. The van der Waals surface area contributed by atoms with Gasteiger partial charge in [-0.15, -0.1) is 0 Å². The molecule has 6 heteroatoms. The maximum Gasteiger partial charge on any atom is 0.298 e. The molecular formula is C20H13N5O. The summed E-state index contributed by atoms with van der Waals surface area (Å²) < 4.78 is 1.22. The number of pyridine rings is 1. The molecule has 0 saturated heterocycles. The van der Waals surface area contributed by atoms with Crippen molar-refractivity contribution in [1.82, 2.24) is 19.6 Å². The van der Waals surface area contributed by atoms with Crippen LogP contribution < -0.4 is 5.56 Å². The van der Waals surface area contributed by atoms with Crippen molar-refractivity contribution in [2.75, 3.05) is 0 Å². The van der Waals surface area contributed by atoms with Gasteiger partial charge in [-0.25, -0.2) is 9.97 Å². The second-order valence-electron chi connectivity index (χ2n) is 5.96. The van der Waals surface area contributed by atoms with Gasteiger partial charge in [0.1, 0.15) is 17.4 Å². The lowest BCUT2D eigenvalue weighted by atomic mass is 10.2. The van der Waals surface area contributed by atoms with E-state index in [0.717, 1.165) is 21.8 Å². The first-order valence-electron chi connectivity index (χ1n) is 8.18. The van der Waals surface area contributed by atoms with Crippen molar-refractivity contribution in [3.63, 3.8) is 0 Å². The third-order valence-corrected chi connectivity index (χ3v) is 4.33. The van der Waals surface area contributed by atoms with Crippen LogP contribution >= 0.6 is 0 Å². The summed E-state index contributed by atoms with van der Waals surface area (Å²) in [6.07, 6.45) is 2.99. The Morgan fingerprint density at radius 1 is 1.00 bits per heavy atom. The van der Waals surface area contributed by atoms with Crippen molar-refractivity contribution in [2.24, 2.45) is 5.10 Å².